The number of nitrogens with one attached hydrogen (secondary N) is 3. The van der Waals surface area contributed by atoms with Crippen LogP contribution in [0.3, 0.4) is 0 Å². The average Bonchev–Trinajstić information content (AvgIpc) is 2.67. The van der Waals surface area contributed by atoms with Crippen LogP contribution < -0.4 is 16.0 Å². The first-order valence-electron chi connectivity index (χ1n) is 9.02. The fourth-order valence-electron chi connectivity index (χ4n) is 2.95. The Balaban J connectivity index is 1.86. The summed E-state index contributed by atoms with van der Waals surface area (Å²) in [5.74, 6) is -0.130. The van der Waals surface area contributed by atoms with Crippen molar-refractivity contribution < 1.29 is 14.3 Å². The molecule has 0 atom stereocenters. The van der Waals surface area contributed by atoms with E-state index < -0.39 is 5.60 Å². The zero-order valence-corrected chi connectivity index (χ0v) is 15.2. The molecule has 1 aromatic carbocycles. The Morgan fingerprint density at radius 2 is 1.84 bits per heavy atom. The Morgan fingerprint density at radius 3 is 2.44 bits per heavy atom. The van der Waals surface area contributed by atoms with Crippen molar-refractivity contribution in [3.8, 4) is 0 Å². The van der Waals surface area contributed by atoms with E-state index in [9.17, 15) is 9.59 Å². The number of carbonyl (C=O) groups is 2. The maximum atomic E-state index is 12.5. The molecule has 0 spiro atoms. The van der Waals surface area contributed by atoms with E-state index in [0.29, 0.717) is 31.5 Å². The normalized spacial score (nSPS) is 16.2. The molecule has 1 aromatic rings. The van der Waals surface area contributed by atoms with Crippen molar-refractivity contribution in [2.24, 2.45) is 0 Å². The molecule has 1 heterocycles. The van der Waals surface area contributed by atoms with Crippen molar-refractivity contribution in [3.05, 3.63) is 35.4 Å². The number of hydrogen-bond donors (Lipinski definition) is 3. The minimum atomic E-state index is -0.732. The largest absolute Gasteiger partial charge is 0.368 e. The summed E-state index contributed by atoms with van der Waals surface area (Å²) in [6.07, 6.45) is 3.38. The van der Waals surface area contributed by atoms with Gasteiger partial charge in [-0.3, -0.25) is 9.59 Å². The highest BCUT2D eigenvalue weighted by Crippen LogP contribution is 2.22. The zero-order valence-electron chi connectivity index (χ0n) is 15.2. The fraction of sp³-hybridized carbons (Fsp3) is 0.579. The number of benzene rings is 1. The monoisotopic (exact) mass is 347 g/mol. The van der Waals surface area contributed by atoms with E-state index in [0.717, 1.165) is 31.5 Å². The average molecular weight is 347 g/mol. The van der Waals surface area contributed by atoms with Crippen LogP contribution in [0.2, 0.25) is 0 Å². The Labute approximate surface area is 149 Å². The molecule has 0 unspecified atom stereocenters. The number of piperidine rings is 1. The first-order chi connectivity index (χ1) is 12.1. The third-order valence-electron chi connectivity index (χ3n) is 4.70. The quantitative estimate of drug-likeness (QED) is 0.624. The Morgan fingerprint density at radius 1 is 1.16 bits per heavy atom. The molecule has 0 aliphatic carbocycles. The summed E-state index contributed by atoms with van der Waals surface area (Å²) >= 11 is 0. The molecule has 2 amide bonds. The second kappa shape index (κ2) is 9.53. The van der Waals surface area contributed by atoms with Crippen LogP contribution in [0, 0.1) is 0 Å². The first kappa shape index (κ1) is 19.4. The maximum absolute atomic E-state index is 12.5. The Bertz CT molecular complexity index is 566. The number of rotatable bonds is 8. The molecule has 2 rings (SSSR count). The van der Waals surface area contributed by atoms with Crippen molar-refractivity contribution in [1.29, 1.82) is 0 Å². The van der Waals surface area contributed by atoms with Crippen LogP contribution in [0.1, 0.15) is 48.5 Å². The van der Waals surface area contributed by atoms with Gasteiger partial charge in [-0.1, -0.05) is 25.5 Å². The van der Waals surface area contributed by atoms with Crippen LogP contribution in [0.5, 0.6) is 0 Å². The topological polar surface area (TPSA) is 79.5 Å². The lowest BCUT2D eigenvalue weighted by molar-refractivity contribution is -0.146. The van der Waals surface area contributed by atoms with E-state index in [-0.39, 0.29) is 11.8 Å². The lowest BCUT2D eigenvalue weighted by Gasteiger charge is -2.34. The highest BCUT2D eigenvalue weighted by molar-refractivity contribution is 5.94. The summed E-state index contributed by atoms with van der Waals surface area (Å²) < 4.78 is 5.52. The molecule has 138 valence electrons. The van der Waals surface area contributed by atoms with Crippen molar-refractivity contribution >= 4 is 11.8 Å². The van der Waals surface area contributed by atoms with E-state index in [4.69, 9.17) is 4.74 Å². The molecule has 6 nitrogen and oxygen atoms in total. The lowest BCUT2D eigenvalue weighted by Crippen LogP contribution is -2.53. The van der Waals surface area contributed by atoms with E-state index >= 15 is 0 Å². The summed E-state index contributed by atoms with van der Waals surface area (Å²) in [4.78, 5) is 24.5. The van der Waals surface area contributed by atoms with Gasteiger partial charge in [0, 0.05) is 25.8 Å². The highest BCUT2D eigenvalue weighted by atomic mass is 16.5. The van der Waals surface area contributed by atoms with Gasteiger partial charge in [-0.25, -0.2) is 0 Å². The molecule has 1 fully saturated rings. The molecule has 0 bridgehead atoms. The standard InChI is InChI=1S/C19H29N3O3/c1-3-4-11-21-17(23)16-7-5-15(6-8-16)14-22-18(24)19(25-2)9-12-20-13-10-19/h5-8,20H,3-4,9-14H2,1-2H3,(H,21,23)(H,22,24). The van der Waals surface area contributed by atoms with Crippen LogP contribution in [0.4, 0.5) is 0 Å². The van der Waals surface area contributed by atoms with Crippen LogP contribution in [0.15, 0.2) is 24.3 Å². The second-order valence-corrected chi connectivity index (χ2v) is 6.44. The molecule has 0 radical (unpaired) electrons. The van der Waals surface area contributed by atoms with Crippen LogP contribution in [0.25, 0.3) is 0 Å². The number of carbonyl (C=O) groups excluding carboxylic acids is 2. The van der Waals surface area contributed by atoms with E-state index in [1.165, 1.54) is 0 Å². The summed E-state index contributed by atoms with van der Waals surface area (Å²) in [6, 6.07) is 7.33. The minimum absolute atomic E-state index is 0.0583. The molecule has 25 heavy (non-hydrogen) atoms. The van der Waals surface area contributed by atoms with E-state index in [1.807, 2.05) is 12.1 Å². The summed E-state index contributed by atoms with van der Waals surface area (Å²) in [5.41, 5.74) is 0.862. The molecule has 1 aliphatic rings. The van der Waals surface area contributed by atoms with Crippen LogP contribution in [-0.2, 0) is 16.1 Å². The van der Waals surface area contributed by atoms with Crippen molar-refractivity contribution in [3.63, 3.8) is 0 Å². The first-order valence-corrected chi connectivity index (χ1v) is 9.02. The zero-order chi connectivity index (χ0) is 18.1. The van der Waals surface area contributed by atoms with Gasteiger partial charge in [0.25, 0.3) is 11.8 Å². The van der Waals surface area contributed by atoms with Gasteiger partial charge < -0.3 is 20.7 Å². The predicted octanol–water partition coefficient (Wildman–Crippen LogP) is 1.60. The van der Waals surface area contributed by atoms with Crippen molar-refractivity contribution in [2.75, 3.05) is 26.7 Å². The predicted molar refractivity (Wildman–Crippen MR) is 97.4 cm³/mol. The minimum Gasteiger partial charge on any atom is -0.368 e. The van der Waals surface area contributed by atoms with E-state index in [1.54, 1.807) is 19.2 Å². The second-order valence-electron chi connectivity index (χ2n) is 6.44. The number of unbranched alkanes of at least 4 members (excludes halogenated alkanes) is 1. The smallest absolute Gasteiger partial charge is 0.252 e. The third-order valence-corrected chi connectivity index (χ3v) is 4.70. The van der Waals surface area contributed by atoms with Gasteiger partial charge in [-0.05, 0) is 50.0 Å². The van der Waals surface area contributed by atoms with Gasteiger partial charge in [0.1, 0.15) is 5.60 Å². The summed E-state index contributed by atoms with van der Waals surface area (Å²) in [5, 5.41) is 9.09. The van der Waals surface area contributed by atoms with Crippen molar-refractivity contribution in [2.45, 2.75) is 44.8 Å². The lowest BCUT2D eigenvalue weighted by atomic mass is 9.91. The molecule has 0 aromatic heterocycles. The van der Waals surface area contributed by atoms with Gasteiger partial charge >= 0.3 is 0 Å². The molecule has 1 saturated heterocycles. The van der Waals surface area contributed by atoms with Gasteiger partial charge in [-0.2, -0.15) is 0 Å². The highest BCUT2D eigenvalue weighted by Gasteiger charge is 2.39. The number of methoxy groups -OCH3 is 1. The summed E-state index contributed by atoms with van der Waals surface area (Å²) in [7, 11) is 1.59. The van der Waals surface area contributed by atoms with Crippen molar-refractivity contribution in [1.82, 2.24) is 16.0 Å². The molecule has 1 aliphatic heterocycles. The van der Waals surface area contributed by atoms with Gasteiger partial charge in [0.15, 0.2) is 0 Å². The van der Waals surface area contributed by atoms with Gasteiger partial charge in [0.2, 0.25) is 0 Å². The third kappa shape index (κ3) is 5.28. The van der Waals surface area contributed by atoms with Gasteiger partial charge in [-0.15, -0.1) is 0 Å². The molecular weight excluding hydrogens is 318 g/mol. The Hall–Kier alpha value is -1.92. The SMILES string of the molecule is CCCCNC(=O)c1ccc(CNC(=O)C2(OC)CCNCC2)cc1. The van der Waals surface area contributed by atoms with Crippen LogP contribution in [-0.4, -0.2) is 44.2 Å². The molecule has 6 heteroatoms. The number of ether oxygens (including phenoxy) is 1. The van der Waals surface area contributed by atoms with Gasteiger partial charge in [0.05, 0.1) is 0 Å². The molecular formula is C19H29N3O3. The molecule has 3 N–H and O–H groups in total. The van der Waals surface area contributed by atoms with Crippen LogP contribution >= 0.6 is 0 Å². The number of hydrogen-bond acceptors (Lipinski definition) is 4. The van der Waals surface area contributed by atoms with E-state index in [2.05, 4.69) is 22.9 Å². The maximum Gasteiger partial charge on any atom is 0.252 e. The molecule has 0 saturated carbocycles. The number of amides is 2. The Kier molecular flexibility index (Phi) is 7.40. The summed E-state index contributed by atoms with van der Waals surface area (Å²) in [6.45, 7) is 4.77. The fourth-order valence-corrected chi connectivity index (χ4v) is 2.95.